The van der Waals surface area contributed by atoms with E-state index in [0.29, 0.717) is 20.8 Å². The Labute approximate surface area is 148 Å². The van der Waals surface area contributed by atoms with Gasteiger partial charge in [-0.1, -0.05) is 41.4 Å². The third kappa shape index (κ3) is 6.40. The molecule has 0 saturated carbocycles. The maximum absolute atomic E-state index is 9.62. The van der Waals surface area contributed by atoms with Crippen LogP contribution in [0.15, 0.2) is 48.6 Å². The van der Waals surface area contributed by atoms with E-state index in [1.165, 1.54) is 13.0 Å². The predicted octanol–water partition coefficient (Wildman–Crippen LogP) is 5.79. The standard InChI is InChI=1S/C12H7Cl3O2.C4H6O2/c13-7-1-3-11(9(15)5-7)17-12-4-2-8(14)6-10(12)16;1-3(2)4(5)6/h1-6,16H;1H2,2H3,(H,5,6). The smallest absolute Gasteiger partial charge is 0.330 e. The Morgan fingerprint density at radius 1 is 1.04 bits per heavy atom. The summed E-state index contributed by atoms with van der Waals surface area (Å²) in [6, 6.07) is 9.39. The van der Waals surface area contributed by atoms with Crippen molar-refractivity contribution in [3.63, 3.8) is 0 Å². The molecular formula is C16H13Cl3O4. The first-order valence-corrected chi connectivity index (χ1v) is 7.34. The van der Waals surface area contributed by atoms with E-state index in [0.717, 1.165) is 0 Å². The number of halogens is 3. The SMILES string of the molecule is C=C(C)C(=O)O.Oc1cc(Cl)ccc1Oc1ccc(Cl)cc1Cl. The maximum Gasteiger partial charge on any atom is 0.330 e. The first kappa shape index (κ1) is 19.2. The molecule has 0 unspecified atom stereocenters. The highest BCUT2D eigenvalue weighted by molar-refractivity contribution is 6.35. The molecule has 4 nitrogen and oxygen atoms in total. The Balaban J connectivity index is 0.000000379. The fourth-order valence-electron chi connectivity index (χ4n) is 1.25. The number of carboxylic acid groups (broad SMARTS) is 1. The number of carboxylic acids is 1. The maximum atomic E-state index is 9.62. The highest BCUT2D eigenvalue weighted by atomic mass is 35.5. The van der Waals surface area contributed by atoms with Crippen LogP contribution in [0.4, 0.5) is 0 Å². The van der Waals surface area contributed by atoms with Crippen molar-refractivity contribution in [2.45, 2.75) is 6.92 Å². The molecule has 0 heterocycles. The van der Waals surface area contributed by atoms with Crippen molar-refractivity contribution in [1.29, 1.82) is 0 Å². The summed E-state index contributed by atoms with van der Waals surface area (Å²) in [5, 5.41) is 18.8. The summed E-state index contributed by atoms with van der Waals surface area (Å²) >= 11 is 17.4. The lowest BCUT2D eigenvalue weighted by Crippen LogP contribution is -1.92. The zero-order valence-corrected chi connectivity index (χ0v) is 14.3. The Bertz CT molecular complexity index is 668. The molecule has 0 bridgehead atoms. The molecular weight excluding hydrogens is 363 g/mol. The number of carbonyl (C=O) groups is 1. The summed E-state index contributed by atoms with van der Waals surface area (Å²) in [7, 11) is 0. The minimum absolute atomic E-state index is 0.0523. The van der Waals surface area contributed by atoms with Crippen molar-refractivity contribution in [3.05, 3.63) is 63.6 Å². The van der Waals surface area contributed by atoms with Crippen molar-refractivity contribution in [3.8, 4) is 17.2 Å². The fraction of sp³-hybridized carbons (Fsp3) is 0.0625. The van der Waals surface area contributed by atoms with Gasteiger partial charge in [-0.25, -0.2) is 4.79 Å². The average molecular weight is 376 g/mol. The topological polar surface area (TPSA) is 66.8 Å². The van der Waals surface area contributed by atoms with Gasteiger partial charge in [0.2, 0.25) is 0 Å². The molecule has 0 radical (unpaired) electrons. The van der Waals surface area contributed by atoms with Crippen molar-refractivity contribution in [2.24, 2.45) is 0 Å². The fourth-order valence-corrected chi connectivity index (χ4v) is 1.87. The van der Waals surface area contributed by atoms with Gasteiger partial charge in [-0.15, -0.1) is 0 Å². The number of rotatable bonds is 3. The number of ether oxygens (including phenoxy) is 1. The Morgan fingerprint density at radius 2 is 1.52 bits per heavy atom. The highest BCUT2D eigenvalue weighted by Crippen LogP contribution is 2.36. The van der Waals surface area contributed by atoms with Crippen LogP contribution in [0.2, 0.25) is 15.1 Å². The van der Waals surface area contributed by atoms with Crippen LogP contribution in [0, 0.1) is 0 Å². The second-order valence-electron chi connectivity index (χ2n) is 4.37. The van der Waals surface area contributed by atoms with Crippen LogP contribution in [0.5, 0.6) is 17.2 Å². The van der Waals surface area contributed by atoms with Gasteiger partial charge in [0.1, 0.15) is 5.75 Å². The number of aliphatic carboxylic acids is 1. The van der Waals surface area contributed by atoms with Crippen LogP contribution in [0.1, 0.15) is 6.92 Å². The lowest BCUT2D eigenvalue weighted by molar-refractivity contribution is -0.132. The van der Waals surface area contributed by atoms with Gasteiger partial charge < -0.3 is 14.9 Å². The second kappa shape index (κ2) is 8.67. The zero-order valence-electron chi connectivity index (χ0n) is 12.0. The summed E-state index contributed by atoms with van der Waals surface area (Å²) in [5.74, 6) is -0.300. The van der Waals surface area contributed by atoms with Gasteiger partial charge in [0, 0.05) is 21.7 Å². The molecule has 2 rings (SSSR count). The molecule has 2 aromatic rings. The number of phenols is 1. The monoisotopic (exact) mass is 374 g/mol. The van der Waals surface area contributed by atoms with Gasteiger partial charge in [-0.2, -0.15) is 0 Å². The van der Waals surface area contributed by atoms with Crippen LogP contribution in [0.3, 0.4) is 0 Å². The molecule has 0 aliphatic heterocycles. The van der Waals surface area contributed by atoms with E-state index in [1.54, 1.807) is 30.3 Å². The third-order valence-electron chi connectivity index (χ3n) is 2.40. The molecule has 2 N–H and O–H groups in total. The van der Waals surface area contributed by atoms with Crippen LogP contribution in [-0.2, 0) is 4.79 Å². The zero-order chi connectivity index (χ0) is 17.6. The minimum atomic E-state index is -0.935. The summed E-state index contributed by atoms with van der Waals surface area (Å²) < 4.78 is 5.45. The van der Waals surface area contributed by atoms with Crippen molar-refractivity contribution < 1.29 is 19.7 Å². The van der Waals surface area contributed by atoms with E-state index in [4.69, 9.17) is 44.6 Å². The molecule has 0 aliphatic carbocycles. The Hall–Kier alpha value is -1.88. The lowest BCUT2D eigenvalue weighted by Gasteiger charge is -2.09. The first-order chi connectivity index (χ1) is 10.7. The summed E-state index contributed by atoms with van der Waals surface area (Å²) in [4.78, 5) is 9.60. The quantitative estimate of drug-likeness (QED) is 0.666. The number of hydrogen-bond acceptors (Lipinski definition) is 3. The van der Waals surface area contributed by atoms with Gasteiger partial charge in [-0.3, -0.25) is 0 Å². The van der Waals surface area contributed by atoms with E-state index < -0.39 is 5.97 Å². The van der Waals surface area contributed by atoms with Crippen LogP contribution >= 0.6 is 34.8 Å². The number of aromatic hydroxyl groups is 1. The average Bonchev–Trinajstić information content (AvgIpc) is 2.45. The molecule has 122 valence electrons. The van der Waals surface area contributed by atoms with Gasteiger partial charge >= 0.3 is 5.97 Å². The molecule has 7 heteroatoms. The normalized spacial score (nSPS) is 9.57. The van der Waals surface area contributed by atoms with Crippen LogP contribution in [-0.4, -0.2) is 16.2 Å². The molecule has 2 aromatic carbocycles. The van der Waals surface area contributed by atoms with E-state index in [1.807, 2.05) is 0 Å². The Kier molecular flexibility index (Phi) is 7.23. The summed E-state index contributed by atoms with van der Waals surface area (Å²) in [6.07, 6.45) is 0. The van der Waals surface area contributed by atoms with E-state index >= 15 is 0 Å². The van der Waals surface area contributed by atoms with Crippen molar-refractivity contribution in [2.75, 3.05) is 0 Å². The molecule has 0 aliphatic rings. The lowest BCUT2D eigenvalue weighted by atomic mass is 10.3. The number of benzene rings is 2. The molecule has 23 heavy (non-hydrogen) atoms. The predicted molar refractivity (Wildman–Crippen MR) is 92.1 cm³/mol. The van der Waals surface area contributed by atoms with E-state index in [-0.39, 0.29) is 17.1 Å². The van der Waals surface area contributed by atoms with Crippen LogP contribution < -0.4 is 4.74 Å². The van der Waals surface area contributed by atoms with Gasteiger partial charge in [0.15, 0.2) is 11.5 Å². The van der Waals surface area contributed by atoms with Crippen molar-refractivity contribution in [1.82, 2.24) is 0 Å². The van der Waals surface area contributed by atoms with Gasteiger partial charge in [0.25, 0.3) is 0 Å². The first-order valence-electron chi connectivity index (χ1n) is 6.21. The number of hydrogen-bond donors (Lipinski definition) is 2. The van der Waals surface area contributed by atoms with Gasteiger partial charge in [0.05, 0.1) is 5.02 Å². The van der Waals surface area contributed by atoms with Crippen LogP contribution in [0.25, 0.3) is 0 Å². The number of phenolic OH excluding ortho intramolecular Hbond substituents is 1. The minimum Gasteiger partial charge on any atom is -0.504 e. The third-order valence-corrected chi connectivity index (χ3v) is 3.17. The van der Waals surface area contributed by atoms with E-state index in [9.17, 15) is 9.90 Å². The van der Waals surface area contributed by atoms with E-state index in [2.05, 4.69) is 6.58 Å². The summed E-state index contributed by atoms with van der Waals surface area (Å²) in [5.41, 5.74) is 0.176. The second-order valence-corrected chi connectivity index (χ2v) is 5.65. The Morgan fingerprint density at radius 3 is 1.96 bits per heavy atom. The molecule has 0 amide bonds. The van der Waals surface area contributed by atoms with Crippen molar-refractivity contribution >= 4 is 40.8 Å². The van der Waals surface area contributed by atoms with Gasteiger partial charge in [-0.05, 0) is 37.3 Å². The molecule has 0 aromatic heterocycles. The molecule has 0 saturated heterocycles. The summed E-state index contributed by atoms with van der Waals surface area (Å²) in [6.45, 7) is 4.60. The molecule has 0 fully saturated rings. The molecule has 0 spiro atoms. The highest BCUT2D eigenvalue weighted by Gasteiger charge is 2.08. The largest absolute Gasteiger partial charge is 0.504 e. The molecule has 0 atom stereocenters.